The van der Waals surface area contributed by atoms with Gasteiger partial charge < -0.3 is 5.32 Å². The van der Waals surface area contributed by atoms with Gasteiger partial charge in [0, 0.05) is 24.9 Å². The van der Waals surface area contributed by atoms with E-state index in [1.807, 2.05) is 60.7 Å². The third-order valence-corrected chi connectivity index (χ3v) is 6.10. The molecule has 0 aliphatic heterocycles. The van der Waals surface area contributed by atoms with E-state index in [4.69, 9.17) is 0 Å². The van der Waals surface area contributed by atoms with Crippen molar-refractivity contribution in [3.05, 3.63) is 76.2 Å². The first-order valence-electron chi connectivity index (χ1n) is 9.50. The van der Waals surface area contributed by atoms with E-state index >= 15 is 0 Å². The van der Waals surface area contributed by atoms with E-state index in [1.54, 1.807) is 0 Å². The molecule has 2 N–H and O–H groups in total. The minimum atomic E-state index is -0.395. The summed E-state index contributed by atoms with van der Waals surface area (Å²) in [5.41, 5.74) is 1.97. The Hall–Kier alpha value is -3.50. The van der Waals surface area contributed by atoms with Crippen molar-refractivity contribution in [1.82, 2.24) is 25.7 Å². The molecule has 2 aromatic carbocycles. The van der Waals surface area contributed by atoms with Crippen LogP contribution in [0.5, 0.6) is 0 Å². The first kappa shape index (κ1) is 20.8. The van der Waals surface area contributed by atoms with Crippen molar-refractivity contribution in [3.8, 4) is 10.6 Å². The molecule has 156 valence electrons. The maximum absolute atomic E-state index is 12.4. The second-order valence-electron chi connectivity index (χ2n) is 6.50. The quantitative estimate of drug-likeness (QED) is 0.425. The summed E-state index contributed by atoms with van der Waals surface area (Å²) in [6.07, 6.45) is 0.697. The molecule has 0 bridgehead atoms. The van der Waals surface area contributed by atoms with Crippen LogP contribution in [0.1, 0.15) is 26.8 Å². The van der Waals surface area contributed by atoms with Crippen LogP contribution in [-0.4, -0.2) is 32.2 Å². The molecule has 0 spiro atoms. The zero-order valence-corrected chi connectivity index (χ0v) is 17.9. The Morgan fingerprint density at radius 3 is 2.35 bits per heavy atom. The molecule has 0 saturated carbocycles. The van der Waals surface area contributed by atoms with E-state index in [9.17, 15) is 9.59 Å². The summed E-state index contributed by atoms with van der Waals surface area (Å²) >= 11 is 2.44. The molecule has 2 heterocycles. The third kappa shape index (κ3) is 5.77. The van der Waals surface area contributed by atoms with Crippen molar-refractivity contribution in [2.75, 3.05) is 5.32 Å². The Kier molecular flexibility index (Phi) is 6.70. The minimum absolute atomic E-state index is 0.0765. The lowest BCUT2D eigenvalue weighted by Crippen LogP contribution is -2.22. The molecular formula is C21H18N6O2S2. The fourth-order valence-corrected chi connectivity index (χ4v) is 4.15. The number of aryl methyl sites for hydroxylation is 1. The molecule has 0 saturated heterocycles. The number of benzene rings is 2. The number of carbonyl (C=O) groups is 2. The lowest BCUT2D eigenvalue weighted by molar-refractivity contribution is -0.121. The van der Waals surface area contributed by atoms with Crippen LogP contribution in [0.2, 0.25) is 0 Å². The number of nitrogens with zero attached hydrogens (tertiary/aromatic N) is 4. The Morgan fingerprint density at radius 2 is 1.58 bits per heavy atom. The Labute approximate surface area is 186 Å². The van der Waals surface area contributed by atoms with Gasteiger partial charge in [0.15, 0.2) is 0 Å². The SMILES string of the molecule is O=C(CCc1nnc(C(=O)Nc2nnc(-c3ccccc3)s2)s1)NCc1ccccc1. The van der Waals surface area contributed by atoms with Gasteiger partial charge in [0.2, 0.25) is 16.0 Å². The average molecular weight is 451 g/mol. The number of aromatic nitrogens is 4. The van der Waals surface area contributed by atoms with Gasteiger partial charge in [-0.05, 0) is 5.56 Å². The first-order chi connectivity index (χ1) is 15.2. The van der Waals surface area contributed by atoms with Crippen molar-refractivity contribution in [1.29, 1.82) is 0 Å². The van der Waals surface area contributed by atoms with Gasteiger partial charge in [-0.2, -0.15) is 0 Å². The molecule has 4 rings (SSSR count). The number of carbonyl (C=O) groups excluding carboxylic acids is 2. The standard InChI is InChI=1S/C21H18N6O2S2/c28-16(22-13-14-7-3-1-4-8-14)11-12-17-24-26-20(30-17)18(29)23-21-27-25-19(31-21)15-9-5-2-6-10-15/h1-10H,11-13H2,(H,22,28)(H,23,27,29). The molecule has 2 aromatic heterocycles. The second kappa shape index (κ2) is 10.0. The highest BCUT2D eigenvalue weighted by molar-refractivity contribution is 7.18. The molecule has 8 nitrogen and oxygen atoms in total. The molecule has 0 unspecified atom stereocenters. The summed E-state index contributed by atoms with van der Waals surface area (Å²) in [5, 5.41) is 23.6. The molecule has 10 heteroatoms. The molecule has 31 heavy (non-hydrogen) atoms. The number of amides is 2. The maximum Gasteiger partial charge on any atom is 0.288 e. The minimum Gasteiger partial charge on any atom is -0.352 e. The van der Waals surface area contributed by atoms with Crippen LogP contribution in [0.3, 0.4) is 0 Å². The summed E-state index contributed by atoms with van der Waals surface area (Å²) < 4.78 is 0. The number of anilines is 1. The largest absolute Gasteiger partial charge is 0.352 e. The lowest BCUT2D eigenvalue weighted by Gasteiger charge is -2.04. The van der Waals surface area contributed by atoms with Crippen molar-refractivity contribution in [3.63, 3.8) is 0 Å². The van der Waals surface area contributed by atoms with E-state index in [0.29, 0.717) is 23.1 Å². The highest BCUT2D eigenvalue weighted by atomic mass is 32.1. The molecule has 0 atom stereocenters. The van der Waals surface area contributed by atoms with Crippen LogP contribution < -0.4 is 10.6 Å². The van der Waals surface area contributed by atoms with Crippen LogP contribution in [0.15, 0.2) is 60.7 Å². The van der Waals surface area contributed by atoms with Gasteiger partial charge in [-0.15, -0.1) is 20.4 Å². The smallest absolute Gasteiger partial charge is 0.288 e. The van der Waals surface area contributed by atoms with Gasteiger partial charge >= 0.3 is 0 Å². The van der Waals surface area contributed by atoms with Gasteiger partial charge in [-0.1, -0.05) is 83.3 Å². The van der Waals surface area contributed by atoms with Gasteiger partial charge in [0.25, 0.3) is 5.91 Å². The van der Waals surface area contributed by atoms with E-state index in [2.05, 4.69) is 31.0 Å². The number of hydrogen-bond acceptors (Lipinski definition) is 8. The van der Waals surface area contributed by atoms with Gasteiger partial charge in [0.1, 0.15) is 10.0 Å². The van der Waals surface area contributed by atoms with Gasteiger partial charge in [-0.3, -0.25) is 14.9 Å². The monoisotopic (exact) mass is 450 g/mol. The van der Waals surface area contributed by atoms with Crippen molar-refractivity contribution in [2.24, 2.45) is 0 Å². The van der Waals surface area contributed by atoms with Crippen molar-refractivity contribution in [2.45, 2.75) is 19.4 Å². The predicted molar refractivity (Wildman–Crippen MR) is 120 cm³/mol. The van der Waals surface area contributed by atoms with Crippen LogP contribution >= 0.6 is 22.7 Å². The molecule has 0 aliphatic rings. The molecule has 2 amide bonds. The summed E-state index contributed by atoms with van der Waals surface area (Å²) in [6, 6.07) is 19.3. The number of nitrogens with one attached hydrogen (secondary N) is 2. The molecule has 0 radical (unpaired) electrons. The van der Waals surface area contributed by atoms with Crippen LogP contribution in [0.4, 0.5) is 5.13 Å². The van der Waals surface area contributed by atoms with E-state index < -0.39 is 5.91 Å². The highest BCUT2D eigenvalue weighted by Crippen LogP contribution is 2.26. The summed E-state index contributed by atoms with van der Waals surface area (Å²) in [4.78, 5) is 24.5. The zero-order valence-electron chi connectivity index (χ0n) is 16.3. The normalized spacial score (nSPS) is 10.6. The zero-order chi connectivity index (χ0) is 21.5. The molecule has 0 aliphatic carbocycles. The Bertz CT molecular complexity index is 1160. The summed E-state index contributed by atoms with van der Waals surface area (Å²) in [7, 11) is 0. The fourth-order valence-electron chi connectivity index (χ4n) is 2.67. The Morgan fingerprint density at radius 1 is 0.839 bits per heavy atom. The maximum atomic E-state index is 12.4. The molecule has 4 aromatic rings. The molecule has 0 fully saturated rings. The van der Waals surface area contributed by atoms with Crippen LogP contribution in [-0.2, 0) is 17.8 Å². The van der Waals surface area contributed by atoms with Gasteiger partial charge in [-0.25, -0.2) is 0 Å². The van der Waals surface area contributed by atoms with Crippen molar-refractivity contribution >= 4 is 39.6 Å². The third-order valence-electron chi connectivity index (χ3n) is 4.23. The van der Waals surface area contributed by atoms with E-state index in [1.165, 1.54) is 11.3 Å². The summed E-state index contributed by atoms with van der Waals surface area (Å²) in [6.45, 7) is 0.482. The topological polar surface area (TPSA) is 110 Å². The fraction of sp³-hybridized carbons (Fsp3) is 0.143. The Balaban J connectivity index is 1.27. The average Bonchev–Trinajstić information content (AvgIpc) is 3.47. The van der Waals surface area contributed by atoms with Crippen molar-refractivity contribution < 1.29 is 9.59 Å². The van der Waals surface area contributed by atoms with Crippen LogP contribution in [0.25, 0.3) is 10.6 Å². The van der Waals surface area contributed by atoms with E-state index in [-0.39, 0.29) is 17.3 Å². The second-order valence-corrected chi connectivity index (χ2v) is 8.54. The van der Waals surface area contributed by atoms with Crippen LogP contribution in [0, 0.1) is 0 Å². The summed E-state index contributed by atoms with van der Waals surface area (Å²) in [5.74, 6) is -0.472. The lowest BCUT2D eigenvalue weighted by atomic mass is 10.2. The van der Waals surface area contributed by atoms with E-state index in [0.717, 1.165) is 27.5 Å². The predicted octanol–water partition coefficient (Wildman–Crippen LogP) is 3.56. The first-order valence-corrected chi connectivity index (χ1v) is 11.1. The van der Waals surface area contributed by atoms with Gasteiger partial charge in [0.05, 0.1) is 0 Å². The number of hydrogen-bond donors (Lipinski definition) is 2. The number of rotatable bonds is 8. The highest BCUT2D eigenvalue weighted by Gasteiger charge is 2.16. The molecular weight excluding hydrogens is 432 g/mol.